The Morgan fingerprint density at radius 2 is 2.07 bits per heavy atom. The Hall–Kier alpha value is -2.85. The van der Waals surface area contributed by atoms with Gasteiger partial charge in [0.25, 0.3) is 0 Å². The second kappa shape index (κ2) is 7.53. The number of nitrogens with zero attached hydrogens (tertiary/aromatic N) is 4. The summed E-state index contributed by atoms with van der Waals surface area (Å²) in [5.74, 6) is 0.283. The maximum absolute atomic E-state index is 12.5. The molecule has 1 aliphatic carbocycles. The fraction of sp³-hybridized carbons (Fsp3) is 0.364. The molecular weight excluding hydrogens is 382 g/mol. The number of amides is 1. The van der Waals surface area contributed by atoms with Crippen LogP contribution in [0.4, 0.5) is 0 Å². The normalized spacial score (nSPS) is 15.7. The summed E-state index contributed by atoms with van der Waals surface area (Å²) in [6, 6.07) is 14.3. The number of nitrogens with one attached hydrogen (secondary N) is 1. The average Bonchev–Trinajstić information content (AvgIpc) is 3.50. The lowest BCUT2D eigenvalue weighted by atomic mass is 9.98. The molecule has 1 saturated carbocycles. The van der Waals surface area contributed by atoms with Crippen molar-refractivity contribution < 1.29 is 4.79 Å². The third-order valence-corrected chi connectivity index (χ3v) is 6.22. The molecule has 3 aromatic rings. The Balaban J connectivity index is 1.62. The van der Waals surface area contributed by atoms with Crippen LogP contribution in [0.1, 0.15) is 31.0 Å². The minimum absolute atomic E-state index is 0.159. The standard InChI is InChI=1S/C22H23N5OS/c1-14-11-15(2)26-27-20(14)19(16-7-5-4-6-8-16)24-21(27)29-12-18(28)25-22(3,13-23)17-9-10-17/h4-8,11,17H,9-10,12H2,1-3H3,(H,25,28). The van der Waals surface area contributed by atoms with E-state index in [4.69, 9.17) is 4.98 Å². The van der Waals surface area contributed by atoms with Crippen molar-refractivity contribution in [3.63, 3.8) is 0 Å². The number of aromatic nitrogens is 3. The van der Waals surface area contributed by atoms with Gasteiger partial charge in [0.15, 0.2) is 5.16 Å². The molecule has 2 heterocycles. The van der Waals surface area contributed by atoms with E-state index in [0.717, 1.165) is 40.9 Å². The fourth-order valence-electron chi connectivity index (χ4n) is 3.64. The lowest BCUT2D eigenvalue weighted by molar-refractivity contribution is -0.119. The van der Waals surface area contributed by atoms with E-state index in [2.05, 4.69) is 16.5 Å². The van der Waals surface area contributed by atoms with Crippen LogP contribution >= 0.6 is 11.8 Å². The topological polar surface area (TPSA) is 83.1 Å². The van der Waals surface area contributed by atoms with Gasteiger partial charge in [0.1, 0.15) is 5.54 Å². The number of carbonyl (C=O) groups excluding carboxylic acids is 1. The van der Waals surface area contributed by atoms with Gasteiger partial charge in [-0.05, 0) is 51.2 Å². The molecule has 1 aromatic carbocycles. The first-order chi connectivity index (χ1) is 13.9. The van der Waals surface area contributed by atoms with Gasteiger partial charge in [0, 0.05) is 5.56 Å². The number of fused-ring (bicyclic) bond motifs is 1. The van der Waals surface area contributed by atoms with E-state index in [0.29, 0.717) is 5.16 Å². The van der Waals surface area contributed by atoms with Gasteiger partial charge in [-0.1, -0.05) is 42.1 Å². The second-order valence-electron chi connectivity index (χ2n) is 7.76. The smallest absolute Gasteiger partial charge is 0.231 e. The Bertz CT molecular complexity index is 1110. The predicted molar refractivity (Wildman–Crippen MR) is 114 cm³/mol. The summed E-state index contributed by atoms with van der Waals surface area (Å²) in [4.78, 5) is 17.3. The summed E-state index contributed by atoms with van der Waals surface area (Å²) in [6.45, 7) is 5.80. The summed E-state index contributed by atoms with van der Waals surface area (Å²) < 4.78 is 1.83. The summed E-state index contributed by atoms with van der Waals surface area (Å²) in [5, 5.41) is 17.7. The van der Waals surface area contributed by atoms with Crippen molar-refractivity contribution in [3.8, 4) is 17.3 Å². The number of benzene rings is 1. The average molecular weight is 406 g/mol. The van der Waals surface area contributed by atoms with E-state index in [9.17, 15) is 10.1 Å². The predicted octanol–water partition coefficient (Wildman–Crippen LogP) is 3.91. The van der Waals surface area contributed by atoms with Gasteiger partial charge in [0.2, 0.25) is 5.91 Å². The Labute approximate surface area is 174 Å². The zero-order valence-electron chi connectivity index (χ0n) is 16.8. The van der Waals surface area contributed by atoms with Crippen LogP contribution in [0.5, 0.6) is 0 Å². The highest BCUT2D eigenvalue weighted by Gasteiger charge is 2.43. The van der Waals surface area contributed by atoms with Gasteiger partial charge < -0.3 is 5.32 Å². The number of hydrogen-bond acceptors (Lipinski definition) is 5. The minimum atomic E-state index is -0.785. The van der Waals surface area contributed by atoms with Crippen LogP contribution in [-0.4, -0.2) is 31.8 Å². The number of imidazole rings is 1. The van der Waals surface area contributed by atoms with Gasteiger partial charge in [0.05, 0.1) is 28.7 Å². The van der Waals surface area contributed by atoms with Crippen LogP contribution in [0.2, 0.25) is 0 Å². The maximum atomic E-state index is 12.5. The summed E-state index contributed by atoms with van der Waals surface area (Å²) in [5.41, 5.74) is 4.02. The van der Waals surface area contributed by atoms with Crippen LogP contribution in [0, 0.1) is 31.1 Å². The van der Waals surface area contributed by atoms with Crippen LogP contribution < -0.4 is 5.32 Å². The zero-order chi connectivity index (χ0) is 20.6. The minimum Gasteiger partial charge on any atom is -0.337 e. The first-order valence-corrected chi connectivity index (χ1v) is 10.7. The molecule has 1 fully saturated rings. The Kier molecular flexibility index (Phi) is 5.05. The quantitative estimate of drug-likeness (QED) is 0.629. The monoisotopic (exact) mass is 405 g/mol. The molecule has 7 heteroatoms. The van der Waals surface area contributed by atoms with Crippen molar-refractivity contribution >= 4 is 23.2 Å². The highest BCUT2D eigenvalue weighted by Crippen LogP contribution is 2.39. The number of aryl methyl sites for hydroxylation is 2. The van der Waals surface area contributed by atoms with Crippen molar-refractivity contribution in [1.29, 1.82) is 5.26 Å². The molecule has 29 heavy (non-hydrogen) atoms. The van der Waals surface area contributed by atoms with Crippen LogP contribution in [-0.2, 0) is 4.79 Å². The van der Waals surface area contributed by atoms with Crippen molar-refractivity contribution in [2.45, 2.75) is 44.3 Å². The molecule has 0 spiro atoms. The Morgan fingerprint density at radius 3 is 2.72 bits per heavy atom. The molecule has 1 unspecified atom stereocenters. The van der Waals surface area contributed by atoms with E-state index >= 15 is 0 Å². The SMILES string of the molecule is Cc1cc(C)c2c(-c3ccccc3)nc(SCC(=O)NC(C)(C#N)C3CC3)n2n1. The number of hydrogen-bond donors (Lipinski definition) is 1. The van der Waals surface area contributed by atoms with Crippen molar-refractivity contribution in [1.82, 2.24) is 19.9 Å². The number of thioether (sulfide) groups is 1. The van der Waals surface area contributed by atoms with Gasteiger partial charge in [-0.2, -0.15) is 10.4 Å². The lowest BCUT2D eigenvalue weighted by Crippen LogP contribution is -2.47. The molecule has 1 N–H and O–H groups in total. The van der Waals surface area contributed by atoms with Gasteiger partial charge in [-0.3, -0.25) is 4.79 Å². The van der Waals surface area contributed by atoms with Gasteiger partial charge in [-0.25, -0.2) is 9.50 Å². The molecule has 148 valence electrons. The third-order valence-electron chi connectivity index (χ3n) is 5.29. The van der Waals surface area contributed by atoms with E-state index in [1.54, 1.807) is 6.92 Å². The van der Waals surface area contributed by atoms with E-state index in [-0.39, 0.29) is 17.6 Å². The molecule has 4 rings (SSSR count). The second-order valence-corrected chi connectivity index (χ2v) is 8.71. The number of rotatable bonds is 6. The van der Waals surface area contributed by atoms with Crippen LogP contribution in [0.25, 0.3) is 16.8 Å². The highest BCUT2D eigenvalue weighted by atomic mass is 32.2. The Morgan fingerprint density at radius 1 is 1.34 bits per heavy atom. The van der Waals surface area contributed by atoms with Crippen molar-refractivity contribution in [3.05, 3.63) is 47.7 Å². The molecule has 6 nitrogen and oxygen atoms in total. The van der Waals surface area contributed by atoms with Crippen LogP contribution in [0.3, 0.4) is 0 Å². The fourth-order valence-corrected chi connectivity index (χ4v) is 4.38. The maximum Gasteiger partial charge on any atom is 0.231 e. The summed E-state index contributed by atoms with van der Waals surface area (Å²) >= 11 is 1.34. The van der Waals surface area contributed by atoms with E-state index in [1.807, 2.05) is 54.8 Å². The van der Waals surface area contributed by atoms with Gasteiger partial charge >= 0.3 is 0 Å². The van der Waals surface area contributed by atoms with E-state index in [1.165, 1.54) is 11.8 Å². The van der Waals surface area contributed by atoms with E-state index < -0.39 is 5.54 Å². The molecular formula is C22H23N5OS. The molecule has 1 amide bonds. The molecule has 0 radical (unpaired) electrons. The van der Waals surface area contributed by atoms with Crippen molar-refractivity contribution in [2.24, 2.45) is 5.92 Å². The third kappa shape index (κ3) is 3.85. The first-order valence-electron chi connectivity index (χ1n) is 9.69. The number of carbonyl (C=O) groups is 1. The molecule has 1 aliphatic rings. The van der Waals surface area contributed by atoms with Crippen molar-refractivity contribution in [2.75, 3.05) is 5.75 Å². The summed E-state index contributed by atoms with van der Waals surface area (Å²) in [6.07, 6.45) is 1.98. The zero-order valence-corrected chi connectivity index (χ0v) is 17.6. The largest absolute Gasteiger partial charge is 0.337 e. The van der Waals surface area contributed by atoms with Gasteiger partial charge in [-0.15, -0.1) is 0 Å². The van der Waals surface area contributed by atoms with Crippen LogP contribution in [0.15, 0.2) is 41.6 Å². The number of nitriles is 1. The highest BCUT2D eigenvalue weighted by molar-refractivity contribution is 7.99. The molecule has 1 atom stereocenters. The lowest BCUT2D eigenvalue weighted by Gasteiger charge is -2.22. The molecule has 0 saturated heterocycles. The molecule has 2 aromatic heterocycles. The molecule has 0 bridgehead atoms. The summed E-state index contributed by atoms with van der Waals surface area (Å²) in [7, 11) is 0. The molecule has 0 aliphatic heterocycles. The first kappa shape index (κ1) is 19.5.